The second-order valence-electron chi connectivity index (χ2n) is 5.86. The molecule has 102 valence electrons. The second-order valence-corrected chi connectivity index (χ2v) is 5.86. The molecule has 0 spiro atoms. The van der Waals surface area contributed by atoms with Gasteiger partial charge in [0, 0.05) is 11.5 Å². The number of nitrogens with two attached hydrogens (primary N) is 1. The van der Waals surface area contributed by atoms with Gasteiger partial charge in [-0.2, -0.15) is 0 Å². The lowest BCUT2D eigenvalue weighted by molar-refractivity contribution is 0.0585. The molecule has 0 fully saturated rings. The fourth-order valence-corrected chi connectivity index (χ4v) is 1.97. The van der Waals surface area contributed by atoms with E-state index in [1.165, 1.54) is 0 Å². The van der Waals surface area contributed by atoms with Crippen molar-refractivity contribution in [2.75, 3.05) is 0 Å². The standard InChI is InChI=1S/C15H24FNO/c1-6-11(17)14(15(3,4)5)18-12-9-7-8-10(2)13(12)16/h7-9,11,14H,6,17H2,1-5H3. The van der Waals surface area contributed by atoms with Crippen LogP contribution in [0.4, 0.5) is 4.39 Å². The summed E-state index contributed by atoms with van der Waals surface area (Å²) in [4.78, 5) is 0. The van der Waals surface area contributed by atoms with E-state index in [-0.39, 0.29) is 23.4 Å². The molecular weight excluding hydrogens is 229 g/mol. The van der Waals surface area contributed by atoms with E-state index in [1.54, 1.807) is 25.1 Å². The molecule has 0 bridgehead atoms. The highest BCUT2D eigenvalue weighted by atomic mass is 19.1. The summed E-state index contributed by atoms with van der Waals surface area (Å²) in [6, 6.07) is 5.08. The Kier molecular flexibility index (Phi) is 4.74. The lowest BCUT2D eigenvalue weighted by atomic mass is 9.84. The maximum Gasteiger partial charge on any atom is 0.167 e. The van der Waals surface area contributed by atoms with Gasteiger partial charge in [-0.1, -0.05) is 39.8 Å². The first-order valence-corrected chi connectivity index (χ1v) is 6.44. The van der Waals surface area contributed by atoms with Crippen molar-refractivity contribution in [1.82, 2.24) is 0 Å². The van der Waals surface area contributed by atoms with E-state index in [9.17, 15) is 4.39 Å². The fraction of sp³-hybridized carbons (Fsp3) is 0.600. The molecule has 0 aromatic heterocycles. The predicted molar refractivity (Wildman–Crippen MR) is 73.3 cm³/mol. The molecule has 2 nitrogen and oxygen atoms in total. The zero-order valence-corrected chi connectivity index (χ0v) is 12.0. The van der Waals surface area contributed by atoms with Gasteiger partial charge in [-0.15, -0.1) is 0 Å². The number of hydrogen-bond acceptors (Lipinski definition) is 2. The average Bonchev–Trinajstić information content (AvgIpc) is 2.28. The maximum atomic E-state index is 14.0. The van der Waals surface area contributed by atoms with Gasteiger partial charge in [-0.3, -0.25) is 0 Å². The zero-order valence-electron chi connectivity index (χ0n) is 12.0. The molecule has 0 saturated heterocycles. The van der Waals surface area contributed by atoms with E-state index in [1.807, 2.05) is 6.92 Å². The molecule has 0 heterocycles. The Morgan fingerprint density at radius 2 is 1.94 bits per heavy atom. The van der Waals surface area contributed by atoms with Crippen LogP contribution in [0.25, 0.3) is 0 Å². The molecule has 0 aliphatic carbocycles. The molecule has 2 unspecified atom stereocenters. The number of halogens is 1. The van der Waals surface area contributed by atoms with Crippen molar-refractivity contribution in [2.24, 2.45) is 11.1 Å². The van der Waals surface area contributed by atoms with Crippen LogP contribution in [-0.4, -0.2) is 12.1 Å². The van der Waals surface area contributed by atoms with Gasteiger partial charge in [0.1, 0.15) is 6.10 Å². The Morgan fingerprint density at radius 3 is 2.44 bits per heavy atom. The minimum absolute atomic E-state index is 0.107. The van der Waals surface area contributed by atoms with Crippen molar-refractivity contribution in [3.8, 4) is 5.75 Å². The van der Waals surface area contributed by atoms with E-state index in [0.717, 1.165) is 6.42 Å². The monoisotopic (exact) mass is 253 g/mol. The molecule has 2 atom stereocenters. The second kappa shape index (κ2) is 5.70. The Balaban J connectivity index is 3.00. The third-order valence-corrected chi connectivity index (χ3v) is 3.12. The molecule has 0 saturated carbocycles. The summed E-state index contributed by atoms with van der Waals surface area (Å²) < 4.78 is 19.8. The van der Waals surface area contributed by atoms with Crippen LogP contribution in [0.1, 0.15) is 39.7 Å². The zero-order chi connectivity index (χ0) is 13.9. The van der Waals surface area contributed by atoms with Crippen molar-refractivity contribution in [1.29, 1.82) is 0 Å². The maximum absolute atomic E-state index is 14.0. The van der Waals surface area contributed by atoms with Crippen molar-refractivity contribution in [3.05, 3.63) is 29.6 Å². The van der Waals surface area contributed by atoms with Crippen molar-refractivity contribution >= 4 is 0 Å². The molecule has 1 aromatic rings. The Labute approximate surface area is 109 Å². The van der Waals surface area contributed by atoms with E-state index in [0.29, 0.717) is 11.3 Å². The normalized spacial score (nSPS) is 15.3. The summed E-state index contributed by atoms with van der Waals surface area (Å²) >= 11 is 0. The van der Waals surface area contributed by atoms with E-state index >= 15 is 0 Å². The molecule has 1 aromatic carbocycles. The summed E-state index contributed by atoms with van der Waals surface area (Å²) in [7, 11) is 0. The molecule has 3 heteroatoms. The predicted octanol–water partition coefficient (Wildman–Crippen LogP) is 3.66. The Hall–Kier alpha value is -1.09. The van der Waals surface area contributed by atoms with E-state index in [4.69, 9.17) is 10.5 Å². The molecule has 2 N–H and O–H groups in total. The van der Waals surface area contributed by atoms with E-state index < -0.39 is 0 Å². The molecule has 0 aliphatic heterocycles. The van der Waals surface area contributed by atoms with Gasteiger partial charge < -0.3 is 10.5 Å². The lowest BCUT2D eigenvalue weighted by Gasteiger charge is -2.35. The van der Waals surface area contributed by atoms with Crippen LogP contribution in [0.3, 0.4) is 0 Å². The van der Waals surface area contributed by atoms with Gasteiger partial charge in [0.05, 0.1) is 0 Å². The number of hydrogen-bond donors (Lipinski definition) is 1. The highest BCUT2D eigenvalue weighted by molar-refractivity contribution is 5.30. The van der Waals surface area contributed by atoms with Crippen LogP contribution >= 0.6 is 0 Å². The van der Waals surface area contributed by atoms with Gasteiger partial charge >= 0.3 is 0 Å². The first-order valence-electron chi connectivity index (χ1n) is 6.44. The topological polar surface area (TPSA) is 35.2 Å². The average molecular weight is 253 g/mol. The Morgan fingerprint density at radius 1 is 1.33 bits per heavy atom. The first-order chi connectivity index (χ1) is 8.27. The third-order valence-electron chi connectivity index (χ3n) is 3.12. The van der Waals surface area contributed by atoms with Crippen molar-refractivity contribution < 1.29 is 9.13 Å². The van der Waals surface area contributed by atoms with Crippen molar-refractivity contribution in [2.45, 2.75) is 53.2 Å². The largest absolute Gasteiger partial charge is 0.485 e. The Bertz CT molecular complexity index is 398. The minimum atomic E-state index is -0.296. The minimum Gasteiger partial charge on any atom is -0.485 e. The van der Waals surface area contributed by atoms with Crippen LogP contribution in [-0.2, 0) is 0 Å². The third kappa shape index (κ3) is 3.45. The number of ether oxygens (including phenoxy) is 1. The molecule has 0 amide bonds. The lowest BCUT2D eigenvalue weighted by Crippen LogP contribution is -2.47. The van der Waals surface area contributed by atoms with Gasteiger partial charge in [0.25, 0.3) is 0 Å². The van der Waals surface area contributed by atoms with Crippen LogP contribution in [0.2, 0.25) is 0 Å². The highest BCUT2D eigenvalue weighted by Gasteiger charge is 2.32. The molecule has 18 heavy (non-hydrogen) atoms. The highest BCUT2D eigenvalue weighted by Crippen LogP contribution is 2.29. The van der Waals surface area contributed by atoms with Crippen LogP contribution in [0, 0.1) is 18.2 Å². The number of rotatable bonds is 4. The fourth-order valence-electron chi connectivity index (χ4n) is 1.97. The van der Waals surface area contributed by atoms with Gasteiger partial charge in [-0.05, 0) is 25.0 Å². The van der Waals surface area contributed by atoms with Crippen LogP contribution in [0.5, 0.6) is 5.75 Å². The van der Waals surface area contributed by atoms with Crippen LogP contribution < -0.4 is 10.5 Å². The smallest absolute Gasteiger partial charge is 0.167 e. The van der Waals surface area contributed by atoms with Gasteiger partial charge in [0.15, 0.2) is 11.6 Å². The summed E-state index contributed by atoms with van der Waals surface area (Å²) in [5.74, 6) is -0.00567. The van der Waals surface area contributed by atoms with Gasteiger partial charge in [-0.25, -0.2) is 4.39 Å². The number of benzene rings is 1. The van der Waals surface area contributed by atoms with Crippen LogP contribution in [0.15, 0.2) is 18.2 Å². The van der Waals surface area contributed by atoms with E-state index in [2.05, 4.69) is 20.8 Å². The molecule has 0 aliphatic rings. The molecular formula is C15H24FNO. The molecule has 0 radical (unpaired) electrons. The first kappa shape index (κ1) is 15.0. The van der Waals surface area contributed by atoms with Gasteiger partial charge in [0.2, 0.25) is 0 Å². The summed E-state index contributed by atoms with van der Waals surface area (Å²) in [5.41, 5.74) is 6.55. The van der Waals surface area contributed by atoms with Crippen molar-refractivity contribution in [3.63, 3.8) is 0 Å². The quantitative estimate of drug-likeness (QED) is 0.888. The number of aryl methyl sites for hydroxylation is 1. The summed E-state index contributed by atoms with van der Waals surface area (Å²) in [5, 5.41) is 0. The summed E-state index contributed by atoms with van der Waals surface area (Å²) in [6.07, 6.45) is 0.592. The summed E-state index contributed by atoms with van der Waals surface area (Å²) in [6.45, 7) is 9.91. The SMILES string of the molecule is CCC(N)C(Oc1cccc(C)c1F)C(C)(C)C. The molecule has 1 rings (SSSR count).